The molecule has 2 aromatic rings. The van der Waals surface area contributed by atoms with Gasteiger partial charge in [-0.05, 0) is 37.1 Å². The number of rotatable bonds is 4. The predicted octanol–water partition coefficient (Wildman–Crippen LogP) is 1.70. The molecule has 26 heavy (non-hydrogen) atoms. The third-order valence-electron chi connectivity index (χ3n) is 4.66. The van der Waals surface area contributed by atoms with E-state index in [-0.39, 0.29) is 30.6 Å². The van der Waals surface area contributed by atoms with Gasteiger partial charge < -0.3 is 19.9 Å². The third kappa shape index (κ3) is 3.68. The number of halogens is 1. The van der Waals surface area contributed by atoms with Crippen molar-refractivity contribution >= 4 is 28.7 Å². The number of carboxylic acids is 1. The van der Waals surface area contributed by atoms with Crippen LogP contribution in [-0.4, -0.2) is 64.4 Å². The molecule has 1 aliphatic rings. The molecule has 0 spiro atoms. The minimum atomic E-state index is -0.905. The van der Waals surface area contributed by atoms with Gasteiger partial charge >= 0.3 is 5.97 Å². The number of nitrogens with zero attached hydrogens (tertiary/aromatic N) is 2. The molecular formula is C18H20FN3O4. The number of benzene rings is 1. The summed E-state index contributed by atoms with van der Waals surface area (Å²) < 4.78 is 13.3. The van der Waals surface area contributed by atoms with Crippen molar-refractivity contribution in [3.63, 3.8) is 0 Å². The molecule has 0 radical (unpaired) electrons. The van der Waals surface area contributed by atoms with Gasteiger partial charge in [0.2, 0.25) is 5.91 Å². The van der Waals surface area contributed by atoms with Crippen molar-refractivity contribution in [3.05, 3.63) is 35.8 Å². The second kappa shape index (κ2) is 7.15. The first-order chi connectivity index (χ1) is 12.3. The third-order valence-corrected chi connectivity index (χ3v) is 4.66. The van der Waals surface area contributed by atoms with E-state index in [1.54, 1.807) is 12.1 Å². The number of nitrogens with one attached hydrogen (secondary N) is 1. The molecule has 2 N–H and O–H groups in total. The molecule has 1 atom stereocenters. The van der Waals surface area contributed by atoms with Crippen LogP contribution in [0.4, 0.5) is 4.39 Å². The number of aliphatic carboxylic acids is 1. The maximum Gasteiger partial charge on any atom is 0.308 e. The first-order valence-corrected chi connectivity index (χ1v) is 8.39. The average Bonchev–Trinajstić information content (AvgIpc) is 3.04. The van der Waals surface area contributed by atoms with Crippen molar-refractivity contribution in [2.45, 2.75) is 12.8 Å². The lowest BCUT2D eigenvalue weighted by Crippen LogP contribution is -2.46. The van der Waals surface area contributed by atoms with Crippen LogP contribution < -0.4 is 0 Å². The lowest BCUT2D eigenvalue weighted by atomic mass is 9.98. The number of carboxylic acid groups (broad SMARTS) is 1. The van der Waals surface area contributed by atoms with Gasteiger partial charge in [0.05, 0.1) is 12.5 Å². The monoisotopic (exact) mass is 361 g/mol. The van der Waals surface area contributed by atoms with E-state index in [0.29, 0.717) is 30.3 Å². The molecule has 1 unspecified atom stereocenters. The Morgan fingerprint density at radius 3 is 2.85 bits per heavy atom. The summed E-state index contributed by atoms with van der Waals surface area (Å²) in [7, 11) is 1.50. The molecule has 138 valence electrons. The maximum absolute atomic E-state index is 13.3. The fraction of sp³-hybridized carbons (Fsp3) is 0.389. The van der Waals surface area contributed by atoms with Crippen molar-refractivity contribution in [1.82, 2.24) is 14.8 Å². The number of hydrogen-bond donors (Lipinski definition) is 2. The van der Waals surface area contributed by atoms with Crippen LogP contribution in [0.25, 0.3) is 10.9 Å². The van der Waals surface area contributed by atoms with Crippen molar-refractivity contribution in [2.75, 3.05) is 26.7 Å². The summed E-state index contributed by atoms with van der Waals surface area (Å²) >= 11 is 0. The number of piperidine rings is 1. The molecule has 1 aromatic carbocycles. The van der Waals surface area contributed by atoms with Crippen LogP contribution in [-0.2, 0) is 9.59 Å². The molecule has 0 aliphatic carbocycles. The maximum atomic E-state index is 13.3. The molecule has 1 aromatic heterocycles. The van der Waals surface area contributed by atoms with E-state index in [4.69, 9.17) is 5.11 Å². The standard InChI is InChI=1S/C18H20FN3O4/c1-21(10-16(23)22-6-2-3-11(9-22)18(25)26)17(24)15-8-12-7-13(19)4-5-14(12)20-15/h4-5,7-8,11,20H,2-3,6,9-10H2,1H3,(H,25,26). The Bertz CT molecular complexity index is 863. The molecule has 0 saturated carbocycles. The number of carbonyl (C=O) groups is 3. The van der Waals surface area contributed by atoms with Crippen LogP contribution >= 0.6 is 0 Å². The molecule has 8 heteroatoms. The quantitative estimate of drug-likeness (QED) is 0.867. The number of hydrogen-bond acceptors (Lipinski definition) is 3. The number of likely N-dealkylation sites (tertiary alicyclic amines) is 1. The molecule has 3 rings (SSSR count). The van der Waals surface area contributed by atoms with Gasteiger partial charge in [0.1, 0.15) is 11.5 Å². The van der Waals surface area contributed by atoms with Crippen molar-refractivity contribution in [1.29, 1.82) is 0 Å². The van der Waals surface area contributed by atoms with E-state index in [1.165, 1.54) is 29.0 Å². The summed E-state index contributed by atoms with van der Waals surface area (Å²) in [5, 5.41) is 9.69. The van der Waals surface area contributed by atoms with Crippen LogP contribution in [0.5, 0.6) is 0 Å². The van der Waals surface area contributed by atoms with E-state index >= 15 is 0 Å². The number of likely N-dealkylation sites (N-methyl/N-ethyl adjacent to an activating group) is 1. The average molecular weight is 361 g/mol. The van der Waals surface area contributed by atoms with E-state index < -0.39 is 17.7 Å². The summed E-state index contributed by atoms with van der Waals surface area (Å²) in [5.41, 5.74) is 0.901. The smallest absolute Gasteiger partial charge is 0.308 e. The first-order valence-electron chi connectivity index (χ1n) is 8.39. The summed E-state index contributed by atoms with van der Waals surface area (Å²) in [6, 6.07) is 5.72. The minimum absolute atomic E-state index is 0.144. The Balaban J connectivity index is 1.66. The fourth-order valence-corrected chi connectivity index (χ4v) is 3.20. The van der Waals surface area contributed by atoms with Crippen LogP contribution in [0.15, 0.2) is 24.3 Å². The van der Waals surface area contributed by atoms with Gasteiger partial charge in [-0.25, -0.2) is 4.39 Å². The zero-order valence-corrected chi connectivity index (χ0v) is 14.4. The summed E-state index contributed by atoms with van der Waals surface area (Å²) in [4.78, 5) is 41.7. The first kappa shape index (κ1) is 17.9. The Morgan fingerprint density at radius 2 is 2.12 bits per heavy atom. The van der Waals surface area contributed by atoms with E-state index in [1.807, 2.05) is 0 Å². The molecule has 7 nitrogen and oxygen atoms in total. The molecule has 1 aliphatic heterocycles. The normalized spacial score (nSPS) is 17.3. The lowest BCUT2D eigenvalue weighted by Gasteiger charge is -2.31. The van der Waals surface area contributed by atoms with Gasteiger partial charge in [-0.3, -0.25) is 14.4 Å². The number of aromatic nitrogens is 1. The Hall–Kier alpha value is -2.90. The second-order valence-corrected chi connectivity index (χ2v) is 6.59. The summed E-state index contributed by atoms with van der Waals surface area (Å²) in [6.45, 7) is 0.521. The van der Waals surface area contributed by atoms with Crippen LogP contribution in [0.3, 0.4) is 0 Å². The molecule has 0 bridgehead atoms. The van der Waals surface area contributed by atoms with Crippen molar-refractivity contribution in [3.8, 4) is 0 Å². The molecule has 2 amide bonds. The Kier molecular flexibility index (Phi) is 4.92. The molecular weight excluding hydrogens is 341 g/mol. The van der Waals surface area contributed by atoms with Gasteiger partial charge in [0.25, 0.3) is 5.91 Å². The topological polar surface area (TPSA) is 93.7 Å². The highest BCUT2D eigenvalue weighted by molar-refractivity contribution is 5.99. The van der Waals surface area contributed by atoms with Gasteiger partial charge in [0.15, 0.2) is 0 Å². The highest BCUT2D eigenvalue weighted by atomic mass is 19.1. The van der Waals surface area contributed by atoms with Crippen LogP contribution in [0.2, 0.25) is 0 Å². The van der Waals surface area contributed by atoms with Gasteiger partial charge in [-0.1, -0.05) is 0 Å². The van der Waals surface area contributed by atoms with E-state index in [2.05, 4.69) is 4.98 Å². The lowest BCUT2D eigenvalue weighted by molar-refractivity contribution is -0.145. The number of amides is 2. The number of H-pyrrole nitrogens is 1. The zero-order valence-electron chi connectivity index (χ0n) is 14.4. The Labute approximate surface area is 149 Å². The SMILES string of the molecule is CN(CC(=O)N1CCCC(C(=O)O)C1)C(=O)c1cc2cc(F)ccc2[nH]1. The predicted molar refractivity (Wildman–Crippen MR) is 92.2 cm³/mol. The number of fused-ring (bicyclic) bond motifs is 1. The van der Waals surface area contributed by atoms with Crippen molar-refractivity contribution < 1.29 is 23.9 Å². The molecule has 1 fully saturated rings. The fourth-order valence-electron chi connectivity index (χ4n) is 3.20. The largest absolute Gasteiger partial charge is 0.481 e. The van der Waals surface area contributed by atoms with Gasteiger partial charge in [0, 0.05) is 31.0 Å². The van der Waals surface area contributed by atoms with Gasteiger partial charge in [-0.2, -0.15) is 0 Å². The van der Waals surface area contributed by atoms with Gasteiger partial charge in [-0.15, -0.1) is 0 Å². The van der Waals surface area contributed by atoms with Crippen LogP contribution in [0.1, 0.15) is 23.3 Å². The van der Waals surface area contributed by atoms with Crippen molar-refractivity contribution in [2.24, 2.45) is 5.92 Å². The number of aromatic amines is 1. The Morgan fingerprint density at radius 1 is 1.35 bits per heavy atom. The minimum Gasteiger partial charge on any atom is -0.481 e. The van der Waals surface area contributed by atoms with Crippen LogP contribution in [0, 0.1) is 11.7 Å². The molecule has 1 saturated heterocycles. The molecule has 2 heterocycles. The summed E-state index contributed by atoms with van der Waals surface area (Å²) in [6.07, 6.45) is 1.19. The highest BCUT2D eigenvalue weighted by Crippen LogP contribution is 2.19. The van der Waals surface area contributed by atoms with E-state index in [0.717, 1.165) is 0 Å². The summed E-state index contributed by atoms with van der Waals surface area (Å²) in [5.74, 6) is -2.53. The zero-order chi connectivity index (χ0) is 18.8. The second-order valence-electron chi connectivity index (χ2n) is 6.59. The van der Waals surface area contributed by atoms with E-state index in [9.17, 15) is 18.8 Å². The number of carbonyl (C=O) groups excluding carboxylic acids is 2. The highest BCUT2D eigenvalue weighted by Gasteiger charge is 2.29.